The molecule has 6 nitrogen and oxygen atoms in total. The smallest absolute Gasteiger partial charge is 0.319 e. The van der Waals surface area contributed by atoms with Crippen molar-refractivity contribution in [3.05, 3.63) is 51.7 Å². The molecule has 1 aliphatic heterocycles. The molecule has 2 heterocycles. The molecular weight excluding hydrogens is 398 g/mol. The minimum Gasteiger partial charge on any atom is -0.497 e. The summed E-state index contributed by atoms with van der Waals surface area (Å²) in [5.74, 6) is 1.05. The molecule has 0 saturated carbocycles. The molecule has 2 aromatic rings. The van der Waals surface area contributed by atoms with Crippen molar-refractivity contribution in [1.82, 2.24) is 14.7 Å². The van der Waals surface area contributed by atoms with Crippen LogP contribution in [-0.4, -0.2) is 67.5 Å². The predicted octanol–water partition coefficient (Wildman–Crippen LogP) is 3.87. The normalized spacial score (nSPS) is 15.7. The average Bonchev–Trinajstić information content (AvgIpc) is 3.20. The van der Waals surface area contributed by atoms with Crippen LogP contribution in [-0.2, 0) is 11.2 Å². The number of nitrogens with zero attached hydrogens (tertiary/aromatic N) is 3. The molecule has 3 rings (SSSR count). The summed E-state index contributed by atoms with van der Waals surface area (Å²) in [4.78, 5) is 32.5. The molecule has 0 saturated heterocycles. The monoisotopic (exact) mass is 429 g/mol. The van der Waals surface area contributed by atoms with Gasteiger partial charge < -0.3 is 19.4 Å². The molecule has 30 heavy (non-hydrogen) atoms. The summed E-state index contributed by atoms with van der Waals surface area (Å²) >= 11 is 1.74. The number of carbonyl (C=O) groups excluding carboxylic acids is 2. The number of methoxy groups -OCH3 is 1. The number of amides is 3. The zero-order valence-corrected chi connectivity index (χ0v) is 19.2. The van der Waals surface area contributed by atoms with E-state index in [0.717, 1.165) is 17.7 Å². The van der Waals surface area contributed by atoms with E-state index < -0.39 is 0 Å². The zero-order valence-electron chi connectivity index (χ0n) is 18.4. The van der Waals surface area contributed by atoms with Gasteiger partial charge >= 0.3 is 6.03 Å². The summed E-state index contributed by atoms with van der Waals surface area (Å²) in [6.45, 7) is 5.39. The van der Waals surface area contributed by atoms with Gasteiger partial charge in [-0.25, -0.2) is 4.79 Å². The second-order valence-corrected chi connectivity index (χ2v) is 9.26. The minimum atomic E-state index is -0.145. The van der Waals surface area contributed by atoms with Crippen LogP contribution in [0, 0.1) is 5.92 Å². The highest BCUT2D eigenvalue weighted by molar-refractivity contribution is 7.10. The largest absolute Gasteiger partial charge is 0.497 e. The first kappa shape index (κ1) is 22.2. The average molecular weight is 430 g/mol. The third-order valence-corrected chi connectivity index (χ3v) is 6.28. The topological polar surface area (TPSA) is 53.1 Å². The number of fused-ring (bicyclic) bond motifs is 1. The first-order valence-corrected chi connectivity index (χ1v) is 11.2. The van der Waals surface area contributed by atoms with Crippen LogP contribution in [0.4, 0.5) is 4.79 Å². The van der Waals surface area contributed by atoms with Gasteiger partial charge in [-0.3, -0.25) is 4.79 Å². The number of benzene rings is 1. The maximum atomic E-state index is 13.4. The van der Waals surface area contributed by atoms with Crippen molar-refractivity contribution in [3.63, 3.8) is 0 Å². The van der Waals surface area contributed by atoms with E-state index >= 15 is 0 Å². The Hall–Kier alpha value is -2.54. The van der Waals surface area contributed by atoms with Crippen molar-refractivity contribution in [2.24, 2.45) is 5.92 Å². The summed E-state index contributed by atoms with van der Waals surface area (Å²) in [5, 5.41) is 2.09. The Morgan fingerprint density at radius 2 is 1.90 bits per heavy atom. The number of thiophene rings is 1. The van der Waals surface area contributed by atoms with Gasteiger partial charge in [-0.05, 0) is 47.0 Å². The predicted molar refractivity (Wildman–Crippen MR) is 120 cm³/mol. The Bertz CT molecular complexity index is 876. The standard InChI is InChI=1S/C23H31N3O3S/c1-16(2)14-25(23(28)24(3)4)15-21(27)26-12-10-20-19(11-13-30-20)22(26)17-6-8-18(29-5)9-7-17/h6-9,11,13,16,22H,10,12,14-15H2,1-5H3/t22-/m0/s1. The second-order valence-electron chi connectivity index (χ2n) is 8.26. The SMILES string of the molecule is COc1ccc([C@H]2c3ccsc3CCN2C(=O)CN(CC(C)C)C(=O)N(C)C)cc1. The molecule has 1 atom stereocenters. The molecular formula is C23H31N3O3S. The molecule has 1 aromatic heterocycles. The number of carbonyl (C=O) groups is 2. The Labute approximate surface area is 183 Å². The van der Waals surface area contributed by atoms with Crippen LogP contribution in [0.3, 0.4) is 0 Å². The lowest BCUT2D eigenvalue weighted by Gasteiger charge is -2.38. The van der Waals surface area contributed by atoms with Crippen molar-refractivity contribution in [2.45, 2.75) is 26.3 Å². The minimum absolute atomic E-state index is 0.0245. The van der Waals surface area contributed by atoms with E-state index in [-0.39, 0.29) is 30.4 Å². The van der Waals surface area contributed by atoms with Gasteiger partial charge in [0.25, 0.3) is 0 Å². The van der Waals surface area contributed by atoms with Crippen molar-refractivity contribution in [2.75, 3.05) is 40.8 Å². The number of urea groups is 1. The van der Waals surface area contributed by atoms with E-state index in [2.05, 4.69) is 25.3 Å². The Balaban J connectivity index is 1.89. The molecule has 0 unspecified atom stereocenters. The van der Waals surface area contributed by atoms with Crippen LogP contribution in [0.2, 0.25) is 0 Å². The van der Waals surface area contributed by atoms with Crippen LogP contribution in [0.1, 0.15) is 35.9 Å². The van der Waals surface area contributed by atoms with Crippen LogP contribution < -0.4 is 4.74 Å². The molecule has 0 spiro atoms. The van der Waals surface area contributed by atoms with Gasteiger partial charge in [0, 0.05) is 32.1 Å². The van der Waals surface area contributed by atoms with Gasteiger partial charge in [-0.1, -0.05) is 26.0 Å². The van der Waals surface area contributed by atoms with Crippen LogP contribution in [0.15, 0.2) is 35.7 Å². The Morgan fingerprint density at radius 3 is 2.50 bits per heavy atom. The Morgan fingerprint density at radius 1 is 1.20 bits per heavy atom. The first-order chi connectivity index (χ1) is 14.3. The highest BCUT2D eigenvalue weighted by Gasteiger charge is 2.34. The van der Waals surface area contributed by atoms with Gasteiger partial charge in [-0.15, -0.1) is 11.3 Å². The van der Waals surface area contributed by atoms with Gasteiger partial charge in [0.1, 0.15) is 12.3 Å². The fourth-order valence-electron chi connectivity index (χ4n) is 3.92. The number of rotatable bonds is 6. The molecule has 0 radical (unpaired) electrons. The molecule has 0 aliphatic carbocycles. The molecule has 7 heteroatoms. The van der Waals surface area contributed by atoms with Crippen molar-refractivity contribution in [3.8, 4) is 5.75 Å². The van der Waals surface area contributed by atoms with Crippen molar-refractivity contribution < 1.29 is 14.3 Å². The van der Waals surface area contributed by atoms with E-state index in [4.69, 9.17) is 4.74 Å². The molecule has 0 N–H and O–H groups in total. The van der Waals surface area contributed by atoms with E-state index in [1.165, 1.54) is 15.3 Å². The fraction of sp³-hybridized carbons (Fsp3) is 0.478. The van der Waals surface area contributed by atoms with E-state index in [0.29, 0.717) is 13.1 Å². The number of ether oxygens (including phenoxy) is 1. The third kappa shape index (κ3) is 4.78. The van der Waals surface area contributed by atoms with E-state index in [1.807, 2.05) is 29.2 Å². The molecule has 0 fully saturated rings. The van der Waals surface area contributed by atoms with Gasteiger partial charge in [0.05, 0.1) is 13.2 Å². The second kappa shape index (κ2) is 9.51. The summed E-state index contributed by atoms with van der Waals surface area (Å²) in [5.41, 5.74) is 2.23. The van der Waals surface area contributed by atoms with Crippen LogP contribution in [0.25, 0.3) is 0 Å². The van der Waals surface area contributed by atoms with Gasteiger partial charge in [-0.2, -0.15) is 0 Å². The van der Waals surface area contributed by atoms with Crippen LogP contribution in [0.5, 0.6) is 5.75 Å². The fourth-order valence-corrected chi connectivity index (χ4v) is 4.82. The highest BCUT2D eigenvalue weighted by Crippen LogP contribution is 2.38. The van der Waals surface area contributed by atoms with Gasteiger partial charge in [0.15, 0.2) is 0 Å². The number of hydrogen-bond donors (Lipinski definition) is 0. The summed E-state index contributed by atoms with van der Waals surface area (Å²) in [7, 11) is 5.09. The van der Waals surface area contributed by atoms with Crippen LogP contribution >= 0.6 is 11.3 Å². The maximum Gasteiger partial charge on any atom is 0.319 e. The molecule has 0 bridgehead atoms. The summed E-state index contributed by atoms with van der Waals surface area (Å²) in [6, 6.07) is 9.74. The lowest BCUT2D eigenvalue weighted by molar-refractivity contribution is -0.134. The lowest BCUT2D eigenvalue weighted by atomic mass is 9.93. The quantitative estimate of drug-likeness (QED) is 0.700. The molecule has 162 valence electrons. The van der Waals surface area contributed by atoms with Gasteiger partial charge in [0.2, 0.25) is 5.91 Å². The Kier molecular flexibility index (Phi) is 7.02. The first-order valence-electron chi connectivity index (χ1n) is 10.3. The third-order valence-electron chi connectivity index (χ3n) is 5.28. The maximum absolute atomic E-state index is 13.4. The summed E-state index contributed by atoms with van der Waals surface area (Å²) in [6.07, 6.45) is 0.844. The van der Waals surface area contributed by atoms with Crippen molar-refractivity contribution in [1.29, 1.82) is 0 Å². The van der Waals surface area contributed by atoms with E-state index in [9.17, 15) is 9.59 Å². The number of hydrogen-bond acceptors (Lipinski definition) is 4. The molecule has 1 aromatic carbocycles. The molecule has 1 aliphatic rings. The van der Waals surface area contributed by atoms with E-state index in [1.54, 1.807) is 37.4 Å². The summed E-state index contributed by atoms with van der Waals surface area (Å²) < 4.78 is 5.30. The molecule has 3 amide bonds. The van der Waals surface area contributed by atoms with Crippen molar-refractivity contribution >= 4 is 23.3 Å². The highest BCUT2D eigenvalue weighted by atomic mass is 32.1. The zero-order chi connectivity index (χ0) is 21.8. The lowest BCUT2D eigenvalue weighted by Crippen LogP contribution is -2.49.